The molecule has 1 aliphatic heterocycles. The van der Waals surface area contributed by atoms with Crippen molar-refractivity contribution in [2.75, 3.05) is 6.61 Å². The quantitative estimate of drug-likeness (QED) is 0.579. The second-order valence-electron chi connectivity index (χ2n) is 2.82. The highest BCUT2D eigenvalue weighted by Gasteiger charge is 2.19. The molecule has 0 atom stereocenters. The predicted octanol–water partition coefficient (Wildman–Crippen LogP) is 1.36. The van der Waals surface area contributed by atoms with Crippen LogP contribution in [0.25, 0.3) is 0 Å². The molecule has 0 aromatic carbocycles. The lowest BCUT2D eigenvalue weighted by Gasteiger charge is -2.14. The van der Waals surface area contributed by atoms with Crippen LogP contribution >= 0.6 is 0 Å². The average molecular weight is 163 g/mol. The molecule has 0 fully saturated rings. The summed E-state index contributed by atoms with van der Waals surface area (Å²) in [6.45, 7) is 2.35. The molecular weight excluding hydrogens is 154 g/mol. The highest BCUT2D eigenvalue weighted by molar-refractivity contribution is 5.97. The third-order valence-corrected chi connectivity index (χ3v) is 1.85. The summed E-state index contributed by atoms with van der Waals surface area (Å²) in [4.78, 5) is 15.4. The Kier molecular flexibility index (Phi) is 1.57. The lowest BCUT2D eigenvalue weighted by atomic mass is 10.1. The van der Waals surface area contributed by atoms with E-state index in [1.807, 2.05) is 13.0 Å². The molecule has 0 bridgehead atoms. The Balaban J connectivity index is 2.54. The maximum Gasteiger partial charge on any atom is 0.188 e. The lowest BCUT2D eigenvalue weighted by Crippen LogP contribution is -2.17. The maximum atomic E-state index is 11.3. The van der Waals surface area contributed by atoms with Gasteiger partial charge in [-0.15, -0.1) is 0 Å². The van der Waals surface area contributed by atoms with Crippen molar-refractivity contribution in [2.24, 2.45) is 0 Å². The molecule has 0 amide bonds. The maximum absolute atomic E-state index is 11.3. The number of Topliss-reactive ketones (excluding diaryl/α,β-unsaturated/α-hetero) is 1. The summed E-state index contributed by atoms with van der Waals surface area (Å²) in [7, 11) is 0. The number of nitrogens with zero attached hydrogens (tertiary/aromatic N) is 1. The van der Waals surface area contributed by atoms with Gasteiger partial charge in [-0.3, -0.25) is 4.79 Å². The van der Waals surface area contributed by atoms with Crippen LogP contribution in [0.4, 0.5) is 0 Å². The molecule has 0 aliphatic carbocycles. The van der Waals surface area contributed by atoms with Crippen LogP contribution in [-0.2, 0) is 0 Å². The topological polar surface area (TPSA) is 39.2 Å². The van der Waals surface area contributed by atoms with Gasteiger partial charge in [-0.2, -0.15) is 0 Å². The van der Waals surface area contributed by atoms with Crippen molar-refractivity contribution in [2.45, 2.75) is 13.3 Å². The van der Waals surface area contributed by atoms with Gasteiger partial charge in [-0.25, -0.2) is 4.98 Å². The van der Waals surface area contributed by atoms with Crippen LogP contribution in [0.2, 0.25) is 0 Å². The van der Waals surface area contributed by atoms with E-state index in [4.69, 9.17) is 4.74 Å². The Bertz CT molecular complexity index is 333. The van der Waals surface area contributed by atoms with Gasteiger partial charge in [0.2, 0.25) is 0 Å². The summed E-state index contributed by atoms with van der Waals surface area (Å²) in [6.07, 6.45) is 0.448. The van der Waals surface area contributed by atoms with E-state index < -0.39 is 0 Å². The third-order valence-electron chi connectivity index (χ3n) is 1.85. The standard InChI is InChI=1S/C9H9NO2/c1-6-2-3-8-9(10-6)7(11)4-5-12-8/h2-3H,4-5H2,1H3. The van der Waals surface area contributed by atoms with Gasteiger partial charge in [0.05, 0.1) is 6.61 Å². The summed E-state index contributed by atoms with van der Waals surface area (Å²) >= 11 is 0. The van der Waals surface area contributed by atoms with Crippen LogP contribution in [0.15, 0.2) is 12.1 Å². The predicted molar refractivity (Wildman–Crippen MR) is 43.4 cm³/mol. The van der Waals surface area contributed by atoms with Crippen molar-refractivity contribution in [3.05, 3.63) is 23.5 Å². The van der Waals surface area contributed by atoms with Crippen molar-refractivity contribution in [3.8, 4) is 5.75 Å². The SMILES string of the molecule is Cc1ccc2c(n1)C(=O)CCO2. The molecule has 1 aromatic heterocycles. The van der Waals surface area contributed by atoms with Crippen LogP contribution in [0.1, 0.15) is 22.6 Å². The highest BCUT2D eigenvalue weighted by Crippen LogP contribution is 2.22. The molecule has 62 valence electrons. The normalized spacial score (nSPS) is 15.2. The molecule has 3 nitrogen and oxygen atoms in total. The lowest BCUT2D eigenvalue weighted by molar-refractivity contribution is 0.0926. The number of aryl methyl sites for hydroxylation is 1. The Hall–Kier alpha value is -1.38. The zero-order chi connectivity index (χ0) is 8.55. The number of hydrogen-bond donors (Lipinski definition) is 0. The van der Waals surface area contributed by atoms with Crippen LogP contribution in [-0.4, -0.2) is 17.4 Å². The monoisotopic (exact) mass is 163 g/mol. The molecule has 12 heavy (non-hydrogen) atoms. The summed E-state index contributed by atoms with van der Waals surface area (Å²) < 4.78 is 5.27. The highest BCUT2D eigenvalue weighted by atomic mass is 16.5. The molecule has 1 aliphatic rings. The van der Waals surface area contributed by atoms with Gasteiger partial charge in [0.15, 0.2) is 5.78 Å². The minimum Gasteiger partial charge on any atom is -0.491 e. The van der Waals surface area contributed by atoms with Gasteiger partial charge >= 0.3 is 0 Å². The van der Waals surface area contributed by atoms with Crippen LogP contribution < -0.4 is 4.74 Å². The van der Waals surface area contributed by atoms with Crippen molar-refractivity contribution < 1.29 is 9.53 Å². The van der Waals surface area contributed by atoms with Crippen LogP contribution in [0.5, 0.6) is 5.75 Å². The molecule has 0 unspecified atom stereocenters. The Morgan fingerprint density at radius 1 is 1.50 bits per heavy atom. The number of ketones is 1. The minimum atomic E-state index is 0.0833. The first-order valence-corrected chi connectivity index (χ1v) is 3.91. The molecule has 0 radical (unpaired) electrons. The molecule has 0 spiro atoms. The zero-order valence-electron chi connectivity index (χ0n) is 6.83. The van der Waals surface area contributed by atoms with Gasteiger partial charge in [0.1, 0.15) is 11.4 Å². The number of pyridine rings is 1. The smallest absolute Gasteiger partial charge is 0.188 e. The first-order chi connectivity index (χ1) is 5.77. The number of aromatic nitrogens is 1. The number of hydrogen-bond acceptors (Lipinski definition) is 3. The second-order valence-corrected chi connectivity index (χ2v) is 2.82. The van der Waals surface area contributed by atoms with E-state index in [9.17, 15) is 4.79 Å². The first-order valence-electron chi connectivity index (χ1n) is 3.91. The zero-order valence-corrected chi connectivity index (χ0v) is 6.83. The Labute approximate surface area is 70.4 Å². The van der Waals surface area contributed by atoms with E-state index in [0.717, 1.165) is 5.69 Å². The summed E-state index contributed by atoms with van der Waals surface area (Å²) in [5, 5.41) is 0. The third kappa shape index (κ3) is 1.07. The number of rotatable bonds is 0. The molecule has 2 heterocycles. The minimum absolute atomic E-state index is 0.0833. The van der Waals surface area contributed by atoms with Crippen molar-refractivity contribution in [1.29, 1.82) is 0 Å². The first kappa shape index (κ1) is 7.28. The van der Waals surface area contributed by atoms with E-state index in [1.165, 1.54) is 0 Å². The molecule has 2 rings (SSSR count). The fourth-order valence-electron chi connectivity index (χ4n) is 1.23. The summed E-state index contributed by atoms with van der Waals surface area (Å²) in [5.41, 5.74) is 1.34. The van der Waals surface area contributed by atoms with Gasteiger partial charge in [-0.1, -0.05) is 0 Å². The largest absolute Gasteiger partial charge is 0.491 e. The summed E-state index contributed by atoms with van der Waals surface area (Å²) in [5.74, 6) is 0.705. The van der Waals surface area contributed by atoms with Crippen molar-refractivity contribution in [3.63, 3.8) is 0 Å². The van der Waals surface area contributed by atoms with E-state index in [1.54, 1.807) is 6.07 Å². The fourth-order valence-corrected chi connectivity index (χ4v) is 1.23. The van der Waals surface area contributed by atoms with Gasteiger partial charge in [-0.05, 0) is 19.1 Å². The summed E-state index contributed by atoms with van der Waals surface area (Å²) in [6, 6.07) is 3.64. The molecule has 1 aromatic rings. The number of carbonyl (C=O) groups is 1. The van der Waals surface area contributed by atoms with Crippen LogP contribution in [0, 0.1) is 6.92 Å². The average Bonchev–Trinajstić information content (AvgIpc) is 2.07. The van der Waals surface area contributed by atoms with Crippen LogP contribution in [0.3, 0.4) is 0 Å². The van der Waals surface area contributed by atoms with Gasteiger partial charge < -0.3 is 4.74 Å². The van der Waals surface area contributed by atoms with E-state index in [2.05, 4.69) is 4.98 Å². The fraction of sp³-hybridized carbons (Fsp3) is 0.333. The van der Waals surface area contributed by atoms with E-state index in [-0.39, 0.29) is 5.78 Å². The van der Waals surface area contributed by atoms with Crippen molar-refractivity contribution in [1.82, 2.24) is 4.98 Å². The molecule has 0 saturated heterocycles. The number of ether oxygens (including phenoxy) is 1. The molecule has 0 saturated carbocycles. The second kappa shape index (κ2) is 2.59. The Morgan fingerprint density at radius 2 is 2.33 bits per heavy atom. The molecule has 0 N–H and O–H groups in total. The van der Waals surface area contributed by atoms with E-state index in [0.29, 0.717) is 24.5 Å². The van der Waals surface area contributed by atoms with Gasteiger partial charge in [0.25, 0.3) is 0 Å². The van der Waals surface area contributed by atoms with E-state index >= 15 is 0 Å². The van der Waals surface area contributed by atoms with Crippen molar-refractivity contribution >= 4 is 5.78 Å². The number of carbonyl (C=O) groups excluding carboxylic acids is 1. The Morgan fingerprint density at radius 3 is 3.17 bits per heavy atom. The molecular formula is C9H9NO2. The number of fused-ring (bicyclic) bond motifs is 1. The molecule has 3 heteroatoms. The van der Waals surface area contributed by atoms with Gasteiger partial charge in [0, 0.05) is 12.1 Å².